The molecule has 0 spiro atoms. The second-order valence-corrected chi connectivity index (χ2v) is 3.64. The number of carbonyl (C=O) groups excluding carboxylic acids is 1. The summed E-state index contributed by atoms with van der Waals surface area (Å²) in [5.41, 5.74) is 0.827. The quantitative estimate of drug-likeness (QED) is 0.562. The van der Waals surface area contributed by atoms with Crippen molar-refractivity contribution in [3.63, 3.8) is 0 Å². The van der Waals surface area contributed by atoms with E-state index in [0.717, 1.165) is 5.56 Å². The number of ether oxygens (including phenoxy) is 1. The molecule has 1 aromatic rings. The first-order valence-corrected chi connectivity index (χ1v) is 5.18. The van der Waals surface area contributed by atoms with E-state index in [-0.39, 0.29) is 5.97 Å². The molecule has 1 fully saturated rings. The maximum atomic E-state index is 11.2. The van der Waals surface area contributed by atoms with Gasteiger partial charge in [0.15, 0.2) is 0 Å². The van der Waals surface area contributed by atoms with Gasteiger partial charge in [-0.2, -0.15) is 0 Å². The Bertz CT molecular complexity index is 427. The van der Waals surface area contributed by atoms with E-state index in [1.165, 1.54) is 0 Å². The Morgan fingerprint density at radius 2 is 2.12 bits per heavy atom. The fourth-order valence-electron chi connectivity index (χ4n) is 1.58. The molecule has 3 nitrogen and oxygen atoms in total. The molecule has 3 heteroatoms. The van der Waals surface area contributed by atoms with Crippen LogP contribution in [0.2, 0.25) is 0 Å². The molecule has 0 radical (unpaired) electrons. The third-order valence-electron chi connectivity index (χ3n) is 2.50. The van der Waals surface area contributed by atoms with Crippen LogP contribution in [0.25, 0.3) is 0 Å². The van der Waals surface area contributed by atoms with Crippen molar-refractivity contribution in [3.8, 4) is 11.8 Å². The SMILES string of the molecule is O=C1OCC[C@H]1[C@@H](O)C#Cc1ccccc1. The van der Waals surface area contributed by atoms with Gasteiger partial charge in [0.05, 0.1) is 12.5 Å². The molecular weight excluding hydrogens is 204 g/mol. The highest BCUT2D eigenvalue weighted by Crippen LogP contribution is 2.17. The van der Waals surface area contributed by atoms with Crippen LogP contribution in [-0.4, -0.2) is 23.8 Å². The third-order valence-corrected chi connectivity index (χ3v) is 2.50. The van der Waals surface area contributed by atoms with Crippen LogP contribution in [0.15, 0.2) is 30.3 Å². The fraction of sp³-hybridized carbons (Fsp3) is 0.308. The first-order valence-electron chi connectivity index (χ1n) is 5.18. The minimum Gasteiger partial charge on any atom is -0.465 e. The molecule has 2 rings (SSSR count). The molecule has 16 heavy (non-hydrogen) atoms. The van der Waals surface area contributed by atoms with Crippen molar-refractivity contribution in [2.75, 3.05) is 6.61 Å². The van der Waals surface area contributed by atoms with Crippen molar-refractivity contribution in [2.24, 2.45) is 5.92 Å². The van der Waals surface area contributed by atoms with E-state index in [0.29, 0.717) is 13.0 Å². The number of esters is 1. The summed E-state index contributed by atoms with van der Waals surface area (Å²) in [4.78, 5) is 11.2. The molecule has 82 valence electrons. The molecule has 2 atom stereocenters. The van der Waals surface area contributed by atoms with Crippen molar-refractivity contribution in [1.82, 2.24) is 0 Å². The summed E-state index contributed by atoms with van der Waals surface area (Å²) in [6.07, 6.45) is -0.390. The Kier molecular flexibility index (Phi) is 3.23. The Balaban J connectivity index is 2.05. The van der Waals surface area contributed by atoms with Crippen LogP contribution in [0.5, 0.6) is 0 Å². The number of benzene rings is 1. The standard InChI is InChI=1S/C13H12O3/c14-12(11-8-9-16-13(11)15)7-6-10-4-2-1-3-5-10/h1-5,11-12,14H,8-9H2/t11-,12-/m0/s1. The highest BCUT2D eigenvalue weighted by Gasteiger charge is 2.32. The largest absolute Gasteiger partial charge is 0.465 e. The first-order chi connectivity index (χ1) is 7.77. The van der Waals surface area contributed by atoms with Gasteiger partial charge in [-0.3, -0.25) is 4.79 Å². The molecule has 0 aromatic heterocycles. The molecule has 1 aromatic carbocycles. The Morgan fingerprint density at radius 3 is 2.75 bits per heavy atom. The van der Waals surface area contributed by atoms with E-state index in [1.54, 1.807) is 0 Å². The van der Waals surface area contributed by atoms with E-state index in [9.17, 15) is 9.90 Å². The minimum absolute atomic E-state index is 0.352. The topological polar surface area (TPSA) is 46.5 Å². The Morgan fingerprint density at radius 1 is 1.38 bits per heavy atom. The predicted molar refractivity (Wildman–Crippen MR) is 58.4 cm³/mol. The van der Waals surface area contributed by atoms with Gasteiger partial charge in [-0.05, 0) is 18.6 Å². The van der Waals surface area contributed by atoms with Crippen LogP contribution in [0.3, 0.4) is 0 Å². The van der Waals surface area contributed by atoms with Gasteiger partial charge in [0.2, 0.25) is 0 Å². The van der Waals surface area contributed by atoms with Crippen LogP contribution < -0.4 is 0 Å². The number of aliphatic hydroxyl groups is 1. The number of hydrogen-bond donors (Lipinski definition) is 1. The molecular formula is C13H12O3. The zero-order valence-electron chi connectivity index (χ0n) is 8.72. The molecule has 1 aliphatic heterocycles. The smallest absolute Gasteiger partial charge is 0.312 e. The number of aliphatic hydroxyl groups excluding tert-OH is 1. The van der Waals surface area contributed by atoms with Gasteiger partial charge in [-0.25, -0.2) is 0 Å². The molecule has 0 aliphatic carbocycles. The normalized spacial score (nSPS) is 20.8. The molecule has 1 aliphatic rings. The maximum absolute atomic E-state index is 11.2. The van der Waals surface area contributed by atoms with E-state index < -0.39 is 12.0 Å². The summed E-state index contributed by atoms with van der Waals surface area (Å²) in [5.74, 6) is 4.67. The molecule has 1 saturated heterocycles. The molecule has 0 unspecified atom stereocenters. The zero-order chi connectivity index (χ0) is 11.4. The van der Waals surface area contributed by atoms with Gasteiger partial charge in [0.25, 0.3) is 0 Å². The molecule has 1 N–H and O–H groups in total. The maximum Gasteiger partial charge on any atom is 0.312 e. The van der Waals surface area contributed by atoms with E-state index in [4.69, 9.17) is 4.74 Å². The molecule has 0 amide bonds. The summed E-state index contributed by atoms with van der Waals surface area (Å²) >= 11 is 0. The van der Waals surface area contributed by atoms with Crippen molar-refractivity contribution in [2.45, 2.75) is 12.5 Å². The summed E-state index contributed by atoms with van der Waals surface area (Å²) in [5, 5.41) is 9.71. The Labute approximate surface area is 94.0 Å². The number of rotatable bonds is 1. The second-order valence-electron chi connectivity index (χ2n) is 3.64. The summed E-state index contributed by atoms with van der Waals surface area (Å²) in [6, 6.07) is 9.36. The van der Waals surface area contributed by atoms with Crippen molar-refractivity contribution < 1.29 is 14.6 Å². The number of cyclic esters (lactones) is 1. The monoisotopic (exact) mass is 216 g/mol. The van der Waals surface area contributed by atoms with E-state index in [2.05, 4.69) is 11.8 Å². The third kappa shape index (κ3) is 2.41. The van der Waals surface area contributed by atoms with Crippen LogP contribution in [-0.2, 0) is 9.53 Å². The van der Waals surface area contributed by atoms with Gasteiger partial charge in [-0.1, -0.05) is 30.0 Å². The second kappa shape index (κ2) is 4.82. The zero-order valence-corrected chi connectivity index (χ0v) is 8.72. The summed E-state index contributed by atoms with van der Waals surface area (Å²) in [6.45, 7) is 0.383. The van der Waals surface area contributed by atoms with Gasteiger partial charge in [0, 0.05) is 5.56 Å². The lowest BCUT2D eigenvalue weighted by Crippen LogP contribution is -2.22. The molecule has 1 heterocycles. The molecule has 0 bridgehead atoms. The average molecular weight is 216 g/mol. The lowest BCUT2D eigenvalue weighted by atomic mass is 10.0. The van der Waals surface area contributed by atoms with Crippen LogP contribution in [0.1, 0.15) is 12.0 Å². The van der Waals surface area contributed by atoms with Crippen molar-refractivity contribution >= 4 is 5.97 Å². The highest BCUT2D eigenvalue weighted by atomic mass is 16.5. The minimum atomic E-state index is -0.935. The number of hydrogen-bond acceptors (Lipinski definition) is 3. The van der Waals surface area contributed by atoms with Crippen LogP contribution in [0.4, 0.5) is 0 Å². The van der Waals surface area contributed by atoms with E-state index >= 15 is 0 Å². The van der Waals surface area contributed by atoms with Crippen molar-refractivity contribution in [1.29, 1.82) is 0 Å². The van der Waals surface area contributed by atoms with Crippen LogP contribution >= 0.6 is 0 Å². The highest BCUT2D eigenvalue weighted by molar-refractivity contribution is 5.75. The van der Waals surface area contributed by atoms with Gasteiger partial charge >= 0.3 is 5.97 Å². The summed E-state index contributed by atoms with van der Waals surface area (Å²) < 4.78 is 4.77. The van der Waals surface area contributed by atoms with Crippen LogP contribution in [0, 0.1) is 17.8 Å². The van der Waals surface area contributed by atoms with Gasteiger partial charge < -0.3 is 9.84 Å². The lowest BCUT2D eigenvalue weighted by molar-refractivity contribution is -0.143. The molecule has 0 saturated carbocycles. The van der Waals surface area contributed by atoms with Crippen molar-refractivity contribution in [3.05, 3.63) is 35.9 Å². The average Bonchev–Trinajstić information content (AvgIpc) is 2.74. The van der Waals surface area contributed by atoms with Gasteiger partial charge in [-0.15, -0.1) is 0 Å². The number of carbonyl (C=O) groups is 1. The Hall–Kier alpha value is -1.79. The first kappa shape index (κ1) is 10.7. The fourth-order valence-corrected chi connectivity index (χ4v) is 1.58. The predicted octanol–water partition coefficient (Wildman–Crippen LogP) is 0.962. The lowest BCUT2D eigenvalue weighted by Gasteiger charge is -2.06. The van der Waals surface area contributed by atoms with Gasteiger partial charge in [0.1, 0.15) is 6.10 Å². The van der Waals surface area contributed by atoms with E-state index in [1.807, 2.05) is 30.3 Å². The summed E-state index contributed by atoms with van der Waals surface area (Å²) in [7, 11) is 0.